The summed E-state index contributed by atoms with van der Waals surface area (Å²) in [6.45, 7) is 1.33. The molecule has 5 nitrogen and oxygen atoms in total. The first-order valence-electron chi connectivity index (χ1n) is 8.65. The lowest BCUT2D eigenvalue weighted by molar-refractivity contribution is -0.132. The Morgan fingerprint density at radius 2 is 2.04 bits per heavy atom. The van der Waals surface area contributed by atoms with Gasteiger partial charge in [-0.05, 0) is 24.6 Å². The molecule has 2 aromatic rings. The molecule has 2 aliphatic heterocycles. The highest BCUT2D eigenvalue weighted by atomic mass is 19.1. The van der Waals surface area contributed by atoms with Crippen LogP contribution in [0.25, 0.3) is 0 Å². The van der Waals surface area contributed by atoms with Gasteiger partial charge in [-0.3, -0.25) is 15.2 Å². The highest BCUT2D eigenvalue weighted by Crippen LogP contribution is 2.34. The second kappa shape index (κ2) is 6.90. The summed E-state index contributed by atoms with van der Waals surface area (Å²) in [7, 11) is 0. The van der Waals surface area contributed by atoms with E-state index in [4.69, 9.17) is 0 Å². The molecule has 3 unspecified atom stereocenters. The Bertz CT molecular complexity index is 754. The summed E-state index contributed by atoms with van der Waals surface area (Å²) >= 11 is 0. The van der Waals surface area contributed by atoms with Crippen molar-refractivity contribution < 1.29 is 9.18 Å². The van der Waals surface area contributed by atoms with Crippen LogP contribution in [0.3, 0.4) is 0 Å². The Kier molecular flexibility index (Phi) is 4.46. The van der Waals surface area contributed by atoms with Crippen molar-refractivity contribution in [2.45, 2.75) is 24.9 Å². The maximum atomic E-state index is 14.2. The van der Waals surface area contributed by atoms with E-state index in [1.807, 2.05) is 35.2 Å². The van der Waals surface area contributed by atoms with E-state index >= 15 is 0 Å². The van der Waals surface area contributed by atoms with Gasteiger partial charge in [-0.25, -0.2) is 9.82 Å². The van der Waals surface area contributed by atoms with E-state index in [1.54, 1.807) is 12.3 Å². The van der Waals surface area contributed by atoms with Crippen LogP contribution in [0.2, 0.25) is 0 Å². The Balaban J connectivity index is 1.48. The number of nitrogens with one attached hydrogen (secondary N) is 2. The highest BCUT2D eigenvalue weighted by Gasteiger charge is 2.42. The van der Waals surface area contributed by atoms with Gasteiger partial charge in [-0.1, -0.05) is 24.3 Å². The quantitative estimate of drug-likeness (QED) is 0.895. The lowest BCUT2D eigenvalue weighted by Gasteiger charge is -2.36. The lowest BCUT2D eigenvalue weighted by atomic mass is 9.85. The van der Waals surface area contributed by atoms with E-state index in [0.717, 1.165) is 12.1 Å². The smallest absolute Gasteiger partial charge is 0.228 e. The molecule has 3 atom stereocenters. The van der Waals surface area contributed by atoms with Crippen molar-refractivity contribution in [3.63, 3.8) is 0 Å². The number of aromatic nitrogens is 1. The summed E-state index contributed by atoms with van der Waals surface area (Å²) in [5, 5.41) is 0. The number of likely N-dealkylation sites (tertiary alicyclic amines) is 1. The fourth-order valence-corrected chi connectivity index (χ4v) is 3.83. The SMILES string of the molecule is O=C(Cc1ccccn1)N1CCC2NNC(c3ccccc3F)C2C1. The lowest BCUT2D eigenvalue weighted by Crippen LogP contribution is -2.48. The van der Waals surface area contributed by atoms with Crippen molar-refractivity contribution in [2.24, 2.45) is 5.92 Å². The van der Waals surface area contributed by atoms with Crippen molar-refractivity contribution in [1.82, 2.24) is 20.7 Å². The van der Waals surface area contributed by atoms with Crippen LogP contribution in [0, 0.1) is 11.7 Å². The number of hydrogen-bond acceptors (Lipinski definition) is 4. The molecule has 2 aliphatic rings. The van der Waals surface area contributed by atoms with Gasteiger partial charge in [0.25, 0.3) is 0 Å². The third-order valence-corrected chi connectivity index (χ3v) is 5.16. The molecule has 0 spiro atoms. The van der Waals surface area contributed by atoms with Crippen molar-refractivity contribution >= 4 is 5.91 Å². The fourth-order valence-electron chi connectivity index (χ4n) is 3.83. The monoisotopic (exact) mass is 340 g/mol. The minimum atomic E-state index is -0.209. The molecule has 0 bridgehead atoms. The summed E-state index contributed by atoms with van der Waals surface area (Å²) in [6, 6.07) is 12.6. The molecule has 4 rings (SSSR count). The predicted octanol–water partition coefficient (Wildman–Crippen LogP) is 1.83. The third-order valence-electron chi connectivity index (χ3n) is 5.16. The number of piperidine rings is 1. The summed E-state index contributed by atoms with van der Waals surface area (Å²) in [4.78, 5) is 18.8. The number of hydrogen-bond donors (Lipinski definition) is 2. The third kappa shape index (κ3) is 3.27. The van der Waals surface area contributed by atoms with Gasteiger partial charge in [-0.2, -0.15) is 0 Å². The normalized spacial score (nSPS) is 25.6. The second-order valence-electron chi connectivity index (χ2n) is 6.68. The van der Waals surface area contributed by atoms with Crippen LogP contribution in [0.5, 0.6) is 0 Å². The maximum absolute atomic E-state index is 14.2. The van der Waals surface area contributed by atoms with Gasteiger partial charge < -0.3 is 4.90 Å². The van der Waals surface area contributed by atoms with Gasteiger partial charge in [-0.15, -0.1) is 0 Å². The van der Waals surface area contributed by atoms with Crippen LogP contribution >= 0.6 is 0 Å². The van der Waals surface area contributed by atoms with Crippen molar-refractivity contribution in [3.8, 4) is 0 Å². The number of halogens is 1. The number of carbonyl (C=O) groups excluding carboxylic acids is 1. The summed E-state index contributed by atoms with van der Waals surface area (Å²) in [5.41, 5.74) is 7.94. The summed E-state index contributed by atoms with van der Waals surface area (Å²) in [6.07, 6.45) is 2.87. The van der Waals surface area contributed by atoms with E-state index in [0.29, 0.717) is 25.1 Å². The number of hydrazine groups is 1. The number of fused-ring (bicyclic) bond motifs is 1. The Hall–Kier alpha value is -2.31. The number of pyridine rings is 1. The first-order chi connectivity index (χ1) is 12.2. The number of benzene rings is 1. The molecule has 0 saturated carbocycles. The molecule has 1 aromatic heterocycles. The van der Waals surface area contributed by atoms with E-state index in [9.17, 15) is 9.18 Å². The number of carbonyl (C=O) groups is 1. The first kappa shape index (κ1) is 16.2. The largest absolute Gasteiger partial charge is 0.342 e. The van der Waals surface area contributed by atoms with E-state index in [-0.39, 0.29) is 29.7 Å². The number of nitrogens with zero attached hydrogens (tertiary/aromatic N) is 2. The Morgan fingerprint density at radius 1 is 1.20 bits per heavy atom. The van der Waals surface area contributed by atoms with Gasteiger partial charge in [0.05, 0.1) is 12.5 Å². The zero-order chi connectivity index (χ0) is 17.2. The zero-order valence-electron chi connectivity index (χ0n) is 13.9. The van der Waals surface area contributed by atoms with Crippen molar-refractivity contribution in [2.75, 3.05) is 13.1 Å². The van der Waals surface area contributed by atoms with E-state index in [1.165, 1.54) is 6.07 Å². The maximum Gasteiger partial charge on any atom is 0.228 e. The topological polar surface area (TPSA) is 57.3 Å². The molecule has 0 aliphatic carbocycles. The number of rotatable bonds is 3. The molecular formula is C19H21FN4O. The molecule has 25 heavy (non-hydrogen) atoms. The predicted molar refractivity (Wildman–Crippen MR) is 91.8 cm³/mol. The average Bonchev–Trinajstić information content (AvgIpc) is 3.06. The van der Waals surface area contributed by atoms with Crippen LogP contribution in [0.4, 0.5) is 4.39 Å². The van der Waals surface area contributed by atoms with Gasteiger partial charge >= 0.3 is 0 Å². The standard InChI is InChI=1S/C19H21FN4O/c20-16-7-2-1-6-14(16)19-15-12-24(10-8-17(15)22-23-19)18(25)11-13-5-3-4-9-21-13/h1-7,9,15,17,19,22-23H,8,10-12H2. The fraction of sp³-hybridized carbons (Fsp3) is 0.368. The van der Waals surface area contributed by atoms with Crippen LogP contribution in [-0.2, 0) is 11.2 Å². The molecule has 1 aromatic carbocycles. The molecular weight excluding hydrogens is 319 g/mol. The first-order valence-corrected chi connectivity index (χ1v) is 8.65. The van der Waals surface area contributed by atoms with Gasteiger partial charge in [0.1, 0.15) is 5.82 Å². The molecule has 2 N–H and O–H groups in total. The van der Waals surface area contributed by atoms with Crippen LogP contribution in [0.15, 0.2) is 48.7 Å². The van der Waals surface area contributed by atoms with Crippen molar-refractivity contribution in [3.05, 3.63) is 65.7 Å². The van der Waals surface area contributed by atoms with Gasteiger partial charge in [0.2, 0.25) is 5.91 Å². The Labute approximate surface area is 146 Å². The van der Waals surface area contributed by atoms with E-state index < -0.39 is 0 Å². The average molecular weight is 340 g/mol. The van der Waals surface area contributed by atoms with Crippen molar-refractivity contribution in [1.29, 1.82) is 0 Å². The zero-order valence-corrected chi connectivity index (χ0v) is 13.9. The molecule has 2 saturated heterocycles. The minimum Gasteiger partial charge on any atom is -0.342 e. The van der Waals surface area contributed by atoms with Gasteiger partial charge in [0.15, 0.2) is 0 Å². The van der Waals surface area contributed by atoms with E-state index in [2.05, 4.69) is 15.8 Å². The second-order valence-corrected chi connectivity index (χ2v) is 6.68. The minimum absolute atomic E-state index is 0.0799. The summed E-state index contributed by atoms with van der Waals surface area (Å²) in [5.74, 6) is 0.0223. The summed E-state index contributed by atoms with van der Waals surface area (Å²) < 4.78 is 14.2. The van der Waals surface area contributed by atoms with Gasteiger partial charge in [0, 0.05) is 42.5 Å². The highest BCUT2D eigenvalue weighted by molar-refractivity contribution is 5.78. The molecule has 130 valence electrons. The number of amides is 1. The molecule has 0 radical (unpaired) electrons. The molecule has 1 amide bonds. The molecule has 3 heterocycles. The molecule has 2 fully saturated rings. The molecule has 6 heteroatoms. The van der Waals surface area contributed by atoms with Crippen LogP contribution in [0.1, 0.15) is 23.7 Å². The van der Waals surface area contributed by atoms with Crippen LogP contribution in [-0.4, -0.2) is 34.9 Å². The van der Waals surface area contributed by atoms with Crippen LogP contribution < -0.4 is 10.9 Å². The Morgan fingerprint density at radius 3 is 2.84 bits per heavy atom.